The zero-order valence-corrected chi connectivity index (χ0v) is 19.7. The molecule has 2 aliphatic rings. The molecule has 0 spiro atoms. The van der Waals surface area contributed by atoms with Gasteiger partial charge in [-0.1, -0.05) is 50.3 Å². The SMILES string of the molecule is CS(=O)(=O)N1CCN(C(=O)Nc2ccccc2)C[C@H]1C(=O)N[C@@H](CC1CCCCC1)C(N)=O. The fraction of sp³-hybridized carbons (Fsp3) is 0.591. The van der Waals surface area contributed by atoms with E-state index in [-0.39, 0.29) is 19.6 Å². The molecule has 33 heavy (non-hydrogen) atoms. The largest absolute Gasteiger partial charge is 0.368 e. The third-order valence-corrected chi connectivity index (χ3v) is 7.61. The molecule has 0 bridgehead atoms. The van der Waals surface area contributed by atoms with Gasteiger partial charge in [-0.05, 0) is 24.5 Å². The number of benzene rings is 1. The number of hydrogen-bond acceptors (Lipinski definition) is 5. The van der Waals surface area contributed by atoms with Crippen LogP contribution in [0.3, 0.4) is 0 Å². The summed E-state index contributed by atoms with van der Waals surface area (Å²) in [6.45, 7) is -0.0215. The van der Waals surface area contributed by atoms with Crippen LogP contribution in [0.5, 0.6) is 0 Å². The number of urea groups is 1. The van der Waals surface area contributed by atoms with Crippen molar-refractivity contribution in [3.63, 3.8) is 0 Å². The van der Waals surface area contributed by atoms with Gasteiger partial charge in [-0.2, -0.15) is 4.31 Å². The van der Waals surface area contributed by atoms with Gasteiger partial charge >= 0.3 is 6.03 Å². The van der Waals surface area contributed by atoms with Crippen molar-refractivity contribution in [3.8, 4) is 0 Å². The van der Waals surface area contributed by atoms with Crippen LogP contribution < -0.4 is 16.4 Å². The van der Waals surface area contributed by atoms with E-state index in [1.165, 1.54) is 4.90 Å². The molecular weight excluding hydrogens is 446 g/mol. The van der Waals surface area contributed by atoms with E-state index in [1.807, 2.05) is 6.07 Å². The first-order chi connectivity index (χ1) is 15.6. The molecule has 1 aromatic carbocycles. The third-order valence-electron chi connectivity index (χ3n) is 6.33. The number of amides is 4. The second-order valence-corrected chi connectivity index (χ2v) is 10.8. The van der Waals surface area contributed by atoms with E-state index < -0.39 is 40.0 Å². The number of rotatable bonds is 7. The van der Waals surface area contributed by atoms with Gasteiger partial charge in [-0.3, -0.25) is 9.59 Å². The number of nitrogens with one attached hydrogen (secondary N) is 2. The van der Waals surface area contributed by atoms with Crippen molar-refractivity contribution in [1.82, 2.24) is 14.5 Å². The molecule has 2 atom stereocenters. The Bertz CT molecular complexity index is 949. The minimum atomic E-state index is -3.71. The number of primary amides is 1. The summed E-state index contributed by atoms with van der Waals surface area (Å²) >= 11 is 0. The molecule has 1 aliphatic carbocycles. The maximum atomic E-state index is 13.2. The second-order valence-electron chi connectivity index (χ2n) is 8.83. The number of sulfonamides is 1. The molecule has 2 fully saturated rings. The van der Waals surface area contributed by atoms with Crippen molar-refractivity contribution in [2.45, 2.75) is 50.6 Å². The third kappa shape index (κ3) is 6.91. The highest BCUT2D eigenvalue weighted by molar-refractivity contribution is 7.88. The molecule has 1 heterocycles. The lowest BCUT2D eigenvalue weighted by Crippen LogP contribution is -2.63. The van der Waals surface area contributed by atoms with Gasteiger partial charge in [0.25, 0.3) is 0 Å². The van der Waals surface area contributed by atoms with E-state index in [9.17, 15) is 22.8 Å². The van der Waals surface area contributed by atoms with Gasteiger partial charge in [-0.15, -0.1) is 0 Å². The lowest BCUT2D eigenvalue weighted by Gasteiger charge is -2.39. The van der Waals surface area contributed by atoms with Crippen molar-refractivity contribution in [2.75, 3.05) is 31.2 Å². The predicted octanol–water partition coefficient (Wildman–Crippen LogP) is 1.10. The minimum absolute atomic E-state index is 0.0248. The zero-order chi connectivity index (χ0) is 24.0. The molecular formula is C22H33N5O5S. The summed E-state index contributed by atoms with van der Waals surface area (Å²) in [5.41, 5.74) is 6.15. The van der Waals surface area contributed by atoms with Crippen LogP contribution in [0.2, 0.25) is 0 Å². The maximum Gasteiger partial charge on any atom is 0.321 e. The van der Waals surface area contributed by atoms with E-state index >= 15 is 0 Å². The fourth-order valence-corrected chi connectivity index (χ4v) is 5.59. The molecule has 0 aromatic heterocycles. The van der Waals surface area contributed by atoms with E-state index in [0.717, 1.165) is 42.7 Å². The molecule has 3 rings (SSSR count). The van der Waals surface area contributed by atoms with Gasteiger partial charge in [0.1, 0.15) is 12.1 Å². The van der Waals surface area contributed by atoms with E-state index in [1.54, 1.807) is 24.3 Å². The van der Waals surface area contributed by atoms with Gasteiger partial charge < -0.3 is 21.3 Å². The molecule has 0 unspecified atom stereocenters. The van der Waals surface area contributed by atoms with E-state index in [0.29, 0.717) is 18.0 Å². The Morgan fingerprint density at radius 1 is 1.09 bits per heavy atom. The summed E-state index contributed by atoms with van der Waals surface area (Å²) in [4.78, 5) is 39.3. The molecule has 1 saturated heterocycles. The van der Waals surface area contributed by atoms with Gasteiger partial charge in [0.2, 0.25) is 21.8 Å². The Morgan fingerprint density at radius 3 is 2.36 bits per heavy atom. The molecule has 1 aliphatic heterocycles. The molecule has 0 radical (unpaired) electrons. The van der Waals surface area contributed by atoms with Crippen LogP contribution in [0.1, 0.15) is 38.5 Å². The van der Waals surface area contributed by atoms with Crippen LogP contribution in [-0.4, -0.2) is 73.4 Å². The molecule has 4 amide bonds. The summed E-state index contributed by atoms with van der Waals surface area (Å²) < 4.78 is 25.8. The van der Waals surface area contributed by atoms with Crippen LogP contribution in [-0.2, 0) is 19.6 Å². The number of nitrogens with two attached hydrogens (primary N) is 1. The first-order valence-corrected chi connectivity index (χ1v) is 13.2. The fourth-order valence-electron chi connectivity index (χ4n) is 4.56. The van der Waals surface area contributed by atoms with Crippen LogP contribution in [0, 0.1) is 5.92 Å². The van der Waals surface area contributed by atoms with Crippen molar-refractivity contribution >= 4 is 33.6 Å². The average molecular weight is 480 g/mol. The summed E-state index contributed by atoms with van der Waals surface area (Å²) in [6.07, 6.45) is 6.75. The first-order valence-electron chi connectivity index (χ1n) is 11.3. The Kier molecular flexibility index (Phi) is 8.30. The standard InChI is InChI=1S/C22H33N5O5S/c1-33(31,32)27-13-12-26(22(30)24-17-10-6-3-7-11-17)15-19(27)21(29)25-18(20(23)28)14-16-8-4-2-5-9-16/h3,6-7,10-11,16,18-19H,2,4-5,8-9,12-15H2,1H3,(H2,23,28)(H,24,30)(H,25,29)/t18-,19-/m0/s1. The lowest BCUT2D eigenvalue weighted by molar-refractivity contribution is -0.131. The molecule has 1 aromatic rings. The van der Waals surface area contributed by atoms with Crippen molar-refractivity contribution < 1.29 is 22.8 Å². The van der Waals surface area contributed by atoms with E-state index in [2.05, 4.69) is 10.6 Å². The maximum absolute atomic E-state index is 13.2. The smallest absolute Gasteiger partial charge is 0.321 e. The van der Waals surface area contributed by atoms with Gasteiger partial charge in [-0.25, -0.2) is 13.2 Å². The first kappa shape index (κ1) is 25.0. The van der Waals surface area contributed by atoms with Gasteiger partial charge in [0.15, 0.2) is 0 Å². The number of carbonyl (C=O) groups excluding carboxylic acids is 3. The number of piperazine rings is 1. The number of nitrogens with zero attached hydrogens (tertiary/aromatic N) is 2. The molecule has 1 saturated carbocycles. The lowest BCUT2D eigenvalue weighted by atomic mass is 9.84. The van der Waals surface area contributed by atoms with E-state index in [4.69, 9.17) is 5.73 Å². The minimum Gasteiger partial charge on any atom is -0.368 e. The normalized spacial score (nSPS) is 21.2. The van der Waals surface area contributed by atoms with Gasteiger partial charge in [0.05, 0.1) is 6.26 Å². The summed E-state index contributed by atoms with van der Waals surface area (Å²) in [5, 5.41) is 5.42. The molecule has 182 valence electrons. The number of anilines is 1. The quantitative estimate of drug-likeness (QED) is 0.537. The second kappa shape index (κ2) is 11.0. The topological polar surface area (TPSA) is 142 Å². The number of carbonyl (C=O) groups is 3. The van der Waals surface area contributed by atoms with Crippen LogP contribution >= 0.6 is 0 Å². The Balaban J connectivity index is 1.71. The van der Waals surface area contributed by atoms with Crippen LogP contribution in [0.25, 0.3) is 0 Å². The van der Waals surface area contributed by atoms with Crippen LogP contribution in [0.15, 0.2) is 30.3 Å². The zero-order valence-electron chi connectivity index (χ0n) is 18.9. The molecule has 10 nitrogen and oxygen atoms in total. The highest BCUT2D eigenvalue weighted by Gasteiger charge is 2.40. The number of hydrogen-bond donors (Lipinski definition) is 3. The average Bonchev–Trinajstić information content (AvgIpc) is 2.79. The molecule has 4 N–H and O–H groups in total. The Morgan fingerprint density at radius 2 is 1.76 bits per heavy atom. The summed E-state index contributed by atoms with van der Waals surface area (Å²) in [7, 11) is -3.71. The van der Waals surface area contributed by atoms with Crippen molar-refractivity contribution in [1.29, 1.82) is 0 Å². The van der Waals surface area contributed by atoms with Crippen LogP contribution in [0.4, 0.5) is 10.5 Å². The highest BCUT2D eigenvalue weighted by Crippen LogP contribution is 2.27. The summed E-state index contributed by atoms with van der Waals surface area (Å²) in [6, 6.07) is 6.39. The Labute approximate surface area is 194 Å². The predicted molar refractivity (Wildman–Crippen MR) is 125 cm³/mol. The summed E-state index contributed by atoms with van der Waals surface area (Å²) in [5.74, 6) is -0.978. The van der Waals surface area contributed by atoms with Gasteiger partial charge in [0, 0.05) is 25.3 Å². The molecule has 11 heteroatoms. The Hall–Kier alpha value is -2.66. The van der Waals surface area contributed by atoms with Crippen molar-refractivity contribution in [2.24, 2.45) is 11.7 Å². The number of para-hydroxylation sites is 1. The monoisotopic (exact) mass is 479 g/mol. The highest BCUT2D eigenvalue weighted by atomic mass is 32.2. The van der Waals surface area contributed by atoms with Crippen molar-refractivity contribution in [3.05, 3.63) is 30.3 Å².